The van der Waals surface area contributed by atoms with Crippen LogP contribution in [0.4, 0.5) is 0 Å². The van der Waals surface area contributed by atoms with Crippen LogP contribution in [0, 0.1) is 29.6 Å². The Morgan fingerprint density at radius 1 is 1.00 bits per heavy atom. The third-order valence-electron chi connectivity index (χ3n) is 6.12. The molecule has 0 spiro atoms. The first kappa shape index (κ1) is 19.5. The predicted octanol–water partition coefficient (Wildman–Crippen LogP) is 6.43. The molecule has 0 bridgehead atoms. The van der Waals surface area contributed by atoms with E-state index in [0.717, 1.165) is 23.7 Å². The molecule has 22 heavy (non-hydrogen) atoms. The minimum absolute atomic E-state index is 0.207. The molecule has 0 aromatic heterocycles. The first-order valence-corrected chi connectivity index (χ1v) is 9.61. The van der Waals surface area contributed by atoms with E-state index in [4.69, 9.17) is 0 Å². The Morgan fingerprint density at radius 2 is 1.59 bits per heavy atom. The van der Waals surface area contributed by atoms with Gasteiger partial charge in [0.25, 0.3) is 0 Å². The van der Waals surface area contributed by atoms with Crippen LogP contribution in [-0.4, -0.2) is 5.78 Å². The summed E-state index contributed by atoms with van der Waals surface area (Å²) in [5, 5.41) is 0. The lowest BCUT2D eigenvalue weighted by atomic mass is 9.59. The smallest absolute Gasteiger partial charge is 0.152 e. The quantitative estimate of drug-likeness (QED) is 0.472. The van der Waals surface area contributed by atoms with Gasteiger partial charge in [0.2, 0.25) is 0 Å². The normalized spacial score (nSPS) is 33.0. The van der Waals surface area contributed by atoms with Gasteiger partial charge in [-0.2, -0.15) is 0 Å². The van der Waals surface area contributed by atoms with E-state index in [1.807, 2.05) is 6.08 Å². The lowest BCUT2D eigenvalue weighted by Crippen LogP contribution is -2.38. The molecule has 0 heterocycles. The summed E-state index contributed by atoms with van der Waals surface area (Å²) in [4.78, 5) is 11.5. The lowest BCUT2D eigenvalue weighted by Gasteiger charge is -2.46. The van der Waals surface area contributed by atoms with Crippen molar-refractivity contribution in [3.05, 3.63) is 11.6 Å². The fourth-order valence-corrected chi connectivity index (χ4v) is 4.72. The first-order chi connectivity index (χ1) is 10.4. The van der Waals surface area contributed by atoms with E-state index in [0.29, 0.717) is 5.92 Å². The Bertz CT molecular complexity index is 368. The maximum absolute atomic E-state index is 11.5. The molecule has 1 aliphatic carbocycles. The van der Waals surface area contributed by atoms with E-state index in [1.165, 1.54) is 50.5 Å². The fraction of sp³-hybridized carbons (Fsp3) is 0.857. The van der Waals surface area contributed by atoms with Crippen LogP contribution in [0.25, 0.3) is 0 Å². The maximum Gasteiger partial charge on any atom is 0.152 e. The second kappa shape index (κ2) is 9.53. The SMILES string of the molecule is CCCCC1CC(/C(C)=C\C(C)=O)C(C)C(CCCC)C1C. The van der Waals surface area contributed by atoms with Crippen LogP contribution >= 0.6 is 0 Å². The van der Waals surface area contributed by atoms with Crippen LogP contribution in [0.15, 0.2) is 11.6 Å². The van der Waals surface area contributed by atoms with E-state index in [-0.39, 0.29) is 5.78 Å². The summed E-state index contributed by atoms with van der Waals surface area (Å²) in [6, 6.07) is 0. The Hall–Kier alpha value is -0.590. The average Bonchev–Trinajstić information content (AvgIpc) is 2.45. The average molecular weight is 307 g/mol. The Labute approximate surface area is 139 Å². The highest BCUT2D eigenvalue weighted by Gasteiger charge is 2.39. The van der Waals surface area contributed by atoms with Gasteiger partial charge in [0.15, 0.2) is 5.78 Å². The van der Waals surface area contributed by atoms with Gasteiger partial charge in [0, 0.05) is 0 Å². The molecule has 0 aromatic rings. The van der Waals surface area contributed by atoms with Crippen molar-refractivity contribution in [1.29, 1.82) is 0 Å². The molecule has 0 saturated heterocycles. The van der Waals surface area contributed by atoms with Crippen molar-refractivity contribution >= 4 is 5.78 Å². The van der Waals surface area contributed by atoms with Crippen LogP contribution in [0.5, 0.6) is 0 Å². The van der Waals surface area contributed by atoms with Crippen molar-refractivity contribution < 1.29 is 4.79 Å². The number of unbranched alkanes of at least 4 members (excludes halogenated alkanes) is 2. The molecule has 1 nitrogen and oxygen atoms in total. The van der Waals surface area contributed by atoms with Crippen molar-refractivity contribution in [1.82, 2.24) is 0 Å². The number of hydrogen-bond donors (Lipinski definition) is 0. The summed E-state index contributed by atoms with van der Waals surface area (Å²) in [6.45, 7) is 13.4. The number of carbonyl (C=O) groups excluding carboxylic acids is 1. The van der Waals surface area contributed by atoms with E-state index >= 15 is 0 Å². The van der Waals surface area contributed by atoms with Crippen LogP contribution < -0.4 is 0 Å². The molecule has 5 unspecified atom stereocenters. The second-order valence-electron chi connectivity index (χ2n) is 7.77. The summed E-state index contributed by atoms with van der Waals surface area (Å²) in [5.74, 6) is 4.06. The van der Waals surface area contributed by atoms with E-state index in [9.17, 15) is 4.79 Å². The summed E-state index contributed by atoms with van der Waals surface area (Å²) < 4.78 is 0. The van der Waals surface area contributed by atoms with Gasteiger partial charge >= 0.3 is 0 Å². The highest BCUT2D eigenvalue weighted by Crippen LogP contribution is 2.48. The molecule has 128 valence electrons. The first-order valence-electron chi connectivity index (χ1n) is 9.61. The highest BCUT2D eigenvalue weighted by atomic mass is 16.1. The van der Waals surface area contributed by atoms with E-state index < -0.39 is 0 Å². The van der Waals surface area contributed by atoms with Crippen LogP contribution in [-0.2, 0) is 4.79 Å². The summed E-state index contributed by atoms with van der Waals surface area (Å²) in [7, 11) is 0. The highest BCUT2D eigenvalue weighted by molar-refractivity contribution is 5.87. The zero-order chi connectivity index (χ0) is 16.7. The van der Waals surface area contributed by atoms with Crippen molar-refractivity contribution in [2.45, 2.75) is 86.5 Å². The molecule has 1 saturated carbocycles. The molecule has 1 aliphatic rings. The van der Waals surface area contributed by atoms with Crippen molar-refractivity contribution in [2.24, 2.45) is 29.6 Å². The van der Waals surface area contributed by atoms with Crippen LogP contribution in [0.2, 0.25) is 0 Å². The molecule has 1 heteroatoms. The van der Waals surface area contributed by atoms with Crippen LogP contribution in [0.1, 0.15) is 86.5 Å². The number of rotatable bonds is 8. The van der Waals surface area contributed by atoms with Gasteiger partial charge in [-0.3, -0.25) is 4.79 Å². The lowest BCUT2D eigenvalue weighted by molar-refractivity contribution is -0.112. The molecule has 1 rings (SSSR count). The van der Waals surface area contributed by atoms with Gasteiger partial charge in [-0.25, -0.2) is 0 Å². The minimum Gasteiger partial charge on any atom is -0.295 e. The zero-order valence-corrected chi connectivity index (χ0v) is 15.8. The van der Waals surface area contributed by atoms with Gasteiger partial charge in [-0.15, -0.1) is 0 Å². The number of ketones is 1. The van der Waals surface area contributed by atoms with E-state index in [1.54, 1.807) is 6.92 Å². The number of allylic oxidation sites excluding steroid dienone is 2. The molecule has 0 aromatic carbocycles. The minimum atomic E-state index is 0.207. The van der Waals surface area contributed by atoms with Gasteiger partial charge in [-0.1, -0.05) is 65.4 Å². The number of carbonyl (C=O) groups is 1. The van der Waals surface area contributed by atoms with Gasteiger partial charge in [0.1, 0.15) is 0 Å². The van der Waals surface area contributed by atoms with Crippen molar-refractivity contribution in [3.8, 4) is 0 Å². The van der Waals surface area contributed by atoms with E-state index in [2.05, 4.69) is 34.6 Å². The maximum atomic E-state index is 11.5. The summed E-state index contributed by atoms with van der Waals surface area (Å²) in [6.07, 6.45) is 11.2. The van der Waals surface area contributed by atoms with Crippen molar-refractivity contribution in [2.75, 3.05) is 0 Å². The molecule has 0 aliphatic heterocycles. The predicted molar refractivity (Wildman–Crippen MR) is 96.9 cm³/mol. The topological polar surface area (TPSA) is 17.1 Å². The van der Waals surface area contributed by atoms with Crippen LogP contribution in [0.3, 0.4) is 0 Å². The molecule has 1 fully saturated rings. The standard InChI is InChI=1S/C21H38O/c1-7-9-11-19-14-21(15(3)13-16(4)22)18(6)20(17(19)5)12-10-8-2/h13,17-21H,7-12,14H2,1-6H3/b15-13-. The largest absolute Gasteiger partial charge is 0.295 e. The number of hydrogen-bond acceptors (Lipinski definition) is 1. The molecule has 0 N–H and O–H groups in total. The Balaban J connectivity index is 2.93. The Morgan fingerprint density at radius 3 is 2.14 bits per heavy atom. The molecule has 0 amide bonds. The Kier molecular flexibility index (Phi) is 8.43. The zero-order valence-electron chi connectivity index (χ0n) is 15.8. The second-order valence-corrected chi connectivity index (χ2v) is 7.77. The van der Waals surface area contributed by atoms with Gasteiger partial charge < -0.3 is 0 Å². The molecular weight excluding hydrogens is 268 g/mol. The van der Waals surface area contributed by atoms with Crippen molar-refractivity contribution in [3.63, 3.8) is 0 Å². The summed E-state index contributed by atoms with van der Waals surface area (Å²) >= 11 is 0. The fourth-order valence-electron chi connectivity index (χ4n) is 4.72. The molecular formula is C21H38O. The monoisotopic (exact) mass is 306 g/mol. The van der Waals surface area contributed by atoms with Gasteiger partial charge in [-0.05, 0) is 62.4 Å². The summed E-state index contributed by atoms with van der Waals surface area (Å²) in [5.41, 5.74) is 1.33. The molecule has 0 radical (unpaired) electrons. The molecule has 5 atom stereocenters. The third-order valence-corrected chi connectivity index (χ3v) is 6.12. The third kappa shape index (κ3) is 5.25. The van der Waals surface area contributed by atoms with Gasteiger partial charge in [0.05, 0.1) is 0 Å².